The third-order valence-electron chi connectivity index (χ3n) is 4.29. The molecule has 0 fully saturated rings. The van der Waals surface area contributed by atoms with Crippen molar-refractivity contribution in [3.63, 3.8) is 0 Å². The lowest BCUT2D eigenvalue weighted by Crippen LogP contribution is -2.32. The van der Waals surface area contributed by atoms with Crippen molar-refractivity contribution in [3.8, 4) is 11.5 Å². The van der Waals surface area contributed by atoms with E-state index in [2.05, 4.69) is 21.2 Å². The zero-order chi connectivity index (χ0) is 24.3. The minimum absolute atomic E-state index is 0.222. The molecule has 0 aliphatic heterocycles. The topological polar surface area (TPSA) is 118 Å². The second-order valence-corrected chi connectivity index (χ2v) is 7.19. The van der Waals surface area contributed by atoms with Gasteiger partial charge in [-0.15, -0.1) is 0 Å². The molecular weight excluding hydrogens is 460 g/mol. The Hall–Kier alpha value is -4.37. The molecule has 0 heterocycles. The average molecular weight is 481 g/mol. The van der Waals surface area contributed by atoms with Crippen molar-refractivity contribution in [1.29, 1.82) is 0 Å². The molecule has 3 amide bonds. The van der Waals surface area contributed by atoms with E-state index < -0.39 is 11.8 Å². The molecule has 0 aliphatic carbocycles. The summed E-state index contributed by atoms with van der Waals surface area (Å²) in [6, 6.07) is 20.3. The first kappa shape index (κ1) is 24.3. The van der Waals surface area contributed by atoms with Crippen molar-refractivity contribution in [2.24, 2.45) is 5.10 Å². The summed E-state index contributed by atoms with van der Waals surface area (Å²) in [5.41, 5.74) is 3.74. The van der Waals surface area contributed by atoms with Crippen molar-refractivity contribution in [2.75, 3.05) is 24.4 Å². The predicted octanol–water partition coefficient (Wildman–Crippen LogP) is 3.45. The second-order valence-electron chi connectivity index (χ2n) is 6.78. The number of anilines is 2. The van der Waals surface area contributed by atoms with Crippen LogP contribution in [0.5, 0.6) is 11.5 Å². The van der Waals surface area contributed by atoms with Gasteiger partial charge in [-0.3, -0.25) is 14.4 Å². The number of nitrogens with one attached hydrogen (secondary N) is 3. The number of hydrogen-bond donors (Lipinski definition) is 3. The Labute approximate surface area is 200 Å². The molecule has 0 aromatic heterocycles. The minimum Gasteiger partial charge on any atom is -0.497 e. The maximum atomic E-state index is 12.0. The molecule has 10 heteroatoms. The molecule has 0 unspecified atom stereocenters. The van der Waals surface area contributed by atoms with Gasteiger partial charge in [0, 0.05) is 17.4 Å². The molecule has 3 rings (SSSR count). The maximum absolute atomic E-state index is 12.0. The third kappa shape index (κ3) is 7.35. The van der Waals surface area contributed by atoms with Crippen molar-refractivity contribution in [1.82, 2.24) is 5.43 Å². The number of nitrogens with zero attached hydrogens (tertiary/aromatic N) is 1. The average Bonchev–Trinajstić information content (AvgIpc) is 2.84. The van der Waals surface area contributed by atoms with Crippen LogP contribution in [0, 0.1) is 0 Å². The molecule has 3 N–H and O–H groups in total. The van der Waals surface area contributed by atoms with Crippen LogP contribution in [0.25, 0.3) is 0 Å². The standard InChI is InChI=1S/C24H21ClN4O5/c1-33-19-9-5-8-18(13-19)28-23(31)24(32)29-26-14-16-10-11-21(20(25)12-16)34-15-22(30)27-17-6-3-2-4-7-17/h2-14H,15H2,1H3,(H,27,30)(H,28,31)(H,29,32)/b26-14-. The first-order valence-electron chi connectivity index (χ1n) is 10.0. The van der Waals surface area contributed by atoms with E-state index in [4.69, 9.17) is 21.1 Å². The first-order valence-corrected chi connectivity index (χ1v) is 10.4. The van der Waals surface area contributed by atoms with Crippen LogP contribution in [0.15, 0.2) is 77.9 Å². The highest BCUT2D eigenvalue weighted by Gasteiger charge is 2.13. The summed E-state index contributed by atoms with van der Waals surface area (Å²) in [7, 11) is 1.50. The van der Waals surface area contributed by atoms with Crippen LogP contribution in [-0.4, -0.2) is 37.7 Å². The number of rotatable bonds is 8. The van der Waals surface area contributed by atoms with Crippen molar-refractivity contribution in [3.05, 3.63) is 83.4 Å². The summed E-state index contributed by atoms with van der Waals surface area (Å²) in [5.74, 6) is -1.32. The number of amides is 3. The quantitative estimate of drug-likeness (QED) is 0.259. The number of hydrazone groups is 1. The number of carbonyl (C=O) groups excluding carboxylic acids is 3. The van der Waals surface area contributed by atoms with Crippen LogP contribution in [0.3, 0.4) is 0 Å². The lowest BCUT2D eigenvalue weighted by molar-refractivity contribution is -0.136. The zero-order valence-electron chi connectivity index (χ0n) is 18.1. The highest BCUT2D eigenvalue weighted by Crippen LogP contribution is 2.25. The van der Waals surface area contributed by atoms with Crippen molar-refractivity contribution < 1.29 is 23.9 Å². The van der Waals surface area contributed by atoms with Gasteiger partial charge in [-0.05, 0) is 48.0 Å². The van der Waals surface area contributed by atoms with Gasteiger partial charge in [0.2, 0.25) is 0 Å². The second kappa shape index (κ2) is 12.0. The Bertz CT molecular complexity index is 1200. The molecule has 0 radical (unpaired) electrons. The molecule has 0 aliphatic rings. The van der Waals surface area contributed by atoms with Crippen LogP contribution < -0.4 is 25.5 Å². The Balaban J connectivity index is 1.48. The SMILES string of the molecule is COc1cccc(NC(=O)C(=O)N/N=C\c2ccc(OCC(=O)Nc3ccccc3)c(Cl)c2)c1. The largest absolute Gasteiger partial charge is 0.497 e. The van der Waals surface area contributed by atoms with Crippen molar-refractivity contribution >= 4 is 46.9 Å². The van der Waals surface area contributed by atoms with Gasteiger partial charge in [0.25, 0.3) is 5.91 Å². The van der Waals surface area contributed by atoms with E-state index in [1.807, 2.05) is 18.2 Å². The van der Waals surface area contributed by atoms with Gasteiger partial charge in [-0.25, -0.2) is 5.43 Å². The molecule has 0 spiro atoms. The first-order chi connectivity index (χ1) is 16.4. The van der Waals surface area contributed by atoms with Gasteiger partial charge in [0.1, 0.15) is 11.5 Å². The molecule has 9 nitrogen and oxygen atoms in total. The summed E-state index contributed by atoms with van der Waals surface area (Å²) in [6.07, 6.45) is 1.31. The molecule has 174 valence electrons. The van der Waals surface area contributed by atoms with Gasteiger partial charge in [0.15, 0.2) is 6.61 Å². The Morgan fingerprint density at radius 3 is 2.41 bits per heavy atom. The normalized spacial score (nSPS) is 10.4. The van der Waals surface area contributed by atoms with E-state index in [1.165, 1.54) is 19.4 Å². The monoisotopic (exact) mass is 480 g/mol. The molecule has 0 bridgehead atoms. The number of halogens is 1. The molecule has 0 atom stereocenters. The van der Waals surface area contributed by atoms with E-state index in [0.29, 0.717) is 28.4 Å². The van der Waals surface area contributed by atoms with E-state index in [0.717, 1.165) is 0 Å². The van der Waals surface area contributed by atoms with Gasteiger partial charge in [0.05, 0.1) is 18.3 Å². The fourth-order valence-electron chi connectivity index (χ4n) is 2.68. The van der Waals surface area contributed by atoms with E-state index in [1.54, 1.807) is 48.5 Å². The molecule has 34 heavy (non-hydrogen) atoms. The van der Waals surface area contributed by atoms with E-state index in [9.17, 15) is 14.4 Å². The van der Waals surface area contributed by atoms with Gasteiger partial charge >= 0.3 is 11.8 Å². The van der Waals surface area contributed by atoms with Crippen LogP contribution in [0.2, 0.25) is 5.02 Å². The van der Waals surface area contributed by atoms with Gasteiger partial charge in [-0.1, -0.05) is 35.9 Å². The van der Waals surface area contributed by atoms with Gasteiger partial charge in [-0.2, -0.15) is 5.10 Å². The molecule has 3 aromatic carbocycles. The van der Waals surface area contributed by atoms with Gasteiger partial charge < -0.3 is 20.1 Å². The molecule has 3 aromatic rings. The van der Waals surface area contributed by atoms with Crippen molar-refractivity contribution in [2.45, 2.75) is 0 Å². The van der Waals surface area contributed by atoms with E-state index in [-0.39, 0.29) is 17.5 Å². The Morgan fingerprint density at radius 1 is 0.912 bits per heavy atom. The number of ether oxygens (including phenoxy) is 2. The summed E-state index contributed by atoms with van der Waals surface area (Å²) < 4.78 is 10.5. The molecule has 0 saturated carbocycles. The predicted molar refractivity (Wildman–Crippen MR) is 129 cm³/mol. The Morgan fingerprint density at radius 2 is 1.68 bits per heavy atom. The number of benzene rings is 3. The minimum atomic E-state index is -0.949. The van der Waals surface area contributed by atoms with Crippen LogP contribution in [0.1, 0.15) is 5.56 Å². The van der Waals surface area contributed by atoms with Crippen LogP contribution >= 0.6 is 11.6 Å². The summed E-state index contributed by atoms with van der Waals surface area (Å²) >= 11 is 6.20. The fraction of sp³-hybridized carbons (Fsp3) is 0.0833. The fourth-order valence-corrected chi connectivity index (χ4v) is 2.92. The summed E-state index contributed by atoms with van der Waals surface area (Å²) in [5, 5.41) is 9.15. The number of methoxy groups -OCH3 is 1. The van der Waals surface area contributed by atoms with Crippen LogP contribution in [0.4, 0.5) is 11.4 Å². The molecular formula is C24H21ClN4O5. The number of para-hydroxylation sites is 1. The highest BCUT2D eigenvalue weighted by atomic mass is 35.5. The Kier molecular flexibility index (Phi) is 8.59. The maximum Gasteiger partial charge on any atom is 0.329 e. The summed E-state index contributed by atoms with van der Waals surface area (Å²) in [4.78, 5) is 35.9. The number of hydrogen-bond acceptors (Lipinski definition) is 6. The lowest BCUT2D eigenvalue weighted by atomic mass is 10.2. The molecule has 0 saturated heterocycles. The zero-order valence-corrected chi connectivity index (χ0v) is 18.8. The smallest absolute Gasteiger partial charge is 0.329 e. The third-order valence-corrected chi connectivity index (χ3v) is 4.58. The number of carbonyl (C=O) groups is 3. The summed E-state index contributed by atoms with van der Waals surface area (Å²) in [6.45, 7) is -0.222. The van der Waals surface area contributed by atoms with Crippen LogP contribution in [-0.2, 0) is 14.4 Å². The highest BCUT2D eigenvalue weighted by molar-refractivity contribution is 6.39. The van der Waals surface area contributed by atoms with E-state index >= 15 is 0 Å². The lowest BCUT2D eigenvalue weighted by Gasteiger charge is -2.09.